The summed E-state index contributed by atoms with van der Waals surface area (Å²) >= 11 is 4.76. The maximum Gasteiger partial charge on any atom is 0.234 e. The number of nitrogens with one attached hydrogen (secondary N) is 1. The molecule has 0 saturated heterocycles. The second-order valence-electron chi connectivity index (χ2n) is 4.53. The van der Waals surface area contributed by atoms with E-state index < -0.39 is 0 Å². The van der Waals surface area contributed by atoms with Crippen LogP contribution in [0.3, 0.4) is 0 Å². The van der Waals surface area contributed by atoms with Crippen molar-refractivity contribution < 1.29 is 9.59 Å². The van der Waals surface area contributed by atoms with Crippen molar-refractivity contribution in [1.82, 2.24) is 10.2 Å². The SMILES string of the molecule is CN(CC(=O)NC1CC1)CC(=O)c1sccc1Br. The van der Waals surface area contributed by atoms with Crippen LogP contribution >= 0.6 is 27.3 Å². The van der Waals surface area contributed by atoms with E-state index >= 15 is 0 Å². The average molecular weight is 331 g/mol. The molecule has 0 aromatic carbocycles. The Labute approximate surface area is 118 Å². The summed E-state index contributed by atoms with van der Waals surface area (Å²) in [4.78, 5) is 26.0. The molecular weight excluding hydrogens is 316 g/mol. The van der Waals surface area contributed by atoms with Gasteiger partial charge in [0.05, 0.1) is 18.0 Å². The molecule has 18 heavy (non-hydrogen) atoms. The summed E-state index contributed by atoms with van der Waals surface area (Å²) in [6.07, 6.45) is 2.16. The Kier molecular flexibility index (Phi) is 4.53. The Morgan fingerprint density at radius 3 is 2.78 bits per heavy atom. The van der Waals surface area contributed by atoms with Gasteiger partial charge < -0.3 is 5.32 Å². The van der Waals surface area contributed by atoms with Gasteiger partial charge in [-0.1, -0.05) is 0 Å². The molecule has 1 aromatic heterocycles. The molecule has 0 unspecified atom stereocenters. The van der Waals surface area contributed by atoms with Crippen molar-refractivity contribution in [3.05, 3.63) is 20.8 Å². The van der Waals surface area contributed by atoms with E-state index in [9.17, 15) is 9.59 Å². The summed E-state index contributed by atoms with van der Waals surface area (Å²) in [6, 6.07) is 2.23. The van der Waals surface area contributed by atoms with Crippen molar-refractivity contribution in [3.8, 4) is 0 Å². The molecule has 1 aliphatic rings. The third-order valence-corrected chi connectivity index (χ3v) is 4.52. The highest BCUT2D eigenvalue weighted by molar-refractivity contribution is 9.10. The van der Waals surface area contributed by atoms with E-state index in [4.69, 9.17) is 0 Å². The van der Waals surface area contributed by atoms with Crippen LogP contribution in [-0.4, -0.2) is 42.8 Å². The minimum Gasteiger partial charge on any atom is -0.352 e. The topological polar surface area (TPSA) is 49.4 Å². The van der Waals surface area contributed by atoms with Crippen molar-refractivity contribution in [2.75, 3.05) is 20.1 Å². The summed E-state index contributed by atoms with van der Waals surface area (Å²) in [7, 11) is 1.78. The van der Waals surface area contributed by atoms with Crippen molar-refractivity contribution in [1.29, 1.82) is 0 Å². The van der Waals surface area contributed by atoms with Gasteiger partial charge in [0, 0.05) is 10.5 Å². The molecule has 0 atom stereocenters. The van der Waals surface area contributed by atoms with Gasteiger partial charge in [0.1, 0.15) is 0 Å². The largest absolute Gasteiger partial charge is 0.352 e. The Morgan fingerprint density at radius 2 is 2.22 bits per heavy atom. The molecule has 1 saturated carbocycles. The molecule has 1 amide bonds. The summed E-state index contributed by atoms with van der Waals surface area (Å²) in [5.41, 5.74) is 0. The first kappa shape index (κ1) is 13.7. The zero-order chi connectivity index (χ0) is 13.1. The number of halogens is 1. The van der Waals surface area contributed by atoms with Crippen LogP contribution in [0.4, 0.5) is 0 Å². The van der Waals surface area contributed by atoms with Crippen LogP contribution in [0.25, 0.3) is 0 Å². The summed E-state index contributed by atoms with van der Waals surface area (Å²) in [6.45, 7) is 0.530. The molecule has 1 aromatic rings. The lowest BCUT2D eigenvalue weighted by molar-refractivity contribution is -0.121. The Bertz CT molecular complexity index is 457. The van der Waals surface area contributed by atoms with Gasteiger partial charge in [-0.15, -0.1) is 11.3 Å². The molecule has 0 spiro atoms. The normalized spacial score (nSPS) is 14.8. The average Bonchev–Trinajstić information content (AvgIpc) is 2.97. The van der Waals surface area contributed by atoms with E-state index in [2.05, 4.69) is 21.2 Å². The van der Waals surface area contributed by atoms with E-state index in [-0.39, 0.29) is 24.8 Å². The molecule has 0 radical (unpaired) electrons. The number of likely N-dealkylation sites (N-methyl/N-ethyl adjacent to an activating group) is 1. The fraction of sp³-hybridized carbons (Fsp3) is 0.500. The lowest BCUT2D eigenvalue weighted by Crippen LogP contribution is -2.38. The first-order valence-corrected chi connectivity index (χ1v) is 7.47. The number of Topliss-reactive ketones (excluding diaryl/α,β-unsaturated/α-hetero) is 1. The summed E-state index contributed by atoms with van der Waals surface area (Å²) < 4.78 is 0.827. The Balaban J connectivity index is 1.79. The first-order chi connectivity index (χ1) is 8.56. The van der Waals surface area contributed by atoms with Crippen LogP contribution in [0.2, 0.25) is 0 Å². The maximum absolute atomic E-state index is 12.0. The van der Waals surface area contributed by atoms with Crippen LogP contribution in [0, 0.1) is 0 Å². The predicted octanol–water partition coefficient (Wildman–Crippen LogP) is 1.90. The molecule has 1 N–H and O–H groups in total. The van der Waals surface area contributed by atoms with E-state index in [1.807, 2.05) is 11.4 Å². The van der Waals surface area contributed by atoms with Gasteiger partial charge in [0.2, 0.25) is 5.91 Å². The van der Waals surface area contributed by atoms with E-state index in [0.29, 0.717) is 10.9 Å². The number of amides is 1. The van der Waals surface area contributed by atoms with Crippen LogP contribution < -0.4 is 5.32 Å². The maximum atomic E-state index is 12.0. The zero-order valence-electron chi connectivity index (χ0n) is 10.1. The fourth-order valence-corrected chi connectivity index (χ4v) is 3.14. The Morgan fingerprint density at radius 1 is 1.50 bits per heavy atom. The molecule has 1 aliphatic carbocycles. The molecule has 1 heterocycles. The lowest BCUT2D eigenvalue weighted by Gasteiger charge is -2.14. The number of nitrogens with zero attached hydrogens (tertiary/aromatic N) is 1. The summed E-state index contributed by atoms with van der Waals surface area (Å²) in [5.74, 6) is 0.0386. The fourth-order valence-electron chi connectivity index (χ4n) is 1.61. The van der Waals surface area contributed by atoms with Gasteiger partial charge in [-0.25, -0.2) is 0 Å². The Hall–Kier alpha value is -0.720. The highest BCUT2D eigenvalue weighted by atomic mass is 79.9. The molecule has 1 fully saturated rings. The minimum absolute atomic E-state index is 0.00181. The molecule has 4 nitrogen and oxygen atoms in total. The minimum atomic E-state index is -0.00181. The van der Waals surface area contributed by atoms with E-state index in [0.717, 1.165) is 17.3 Å². The predicted molar refractivity (Wildman–Crippen MR) is 75.0 cm³/mol. The van der Waals surface area contributed by atoms with Gasteiger partial charge in [-0.3, -0.25) is 14.5 Å². The third kappa shape index (κ3) is 3.90. The van der Waals surface area contributed by atoms with Crippen molar-refractivity contribution in [2.45, 2.75) is 18.9 Å². The van der Waals surface area contributed by atoms with Gasteiger partial charge in [-0.05, 0) is 47.3 Å². The number of ketones is 1. The van der Waals surface area contributed by atoms with Crippen molar-refractivity contribution >= 4 is 39.0 Å². The monoisotopic (exact) mass is 330 g/mol. The van der Waals surface area contributed by atoms with Crippen LogP contribution in [-0.2, 0) is 4.79 Å². The summed E-state index contributed by atoms with van der Waals surface area (Å²) in [5, 5.41) is 4.78. The van der Waals surface area contributed by atoms with Gasteiger partial charge in [-0.2, -0.15) is 0 Å². The molecule has 98 valence electrons. The molecular formula is C12H15BrN2O2S. The number of rotatable bonds is 6. The zero-order valence-corrected chi connectivity index (χ0v) is 12.5. The third-order valence-electron chi connectivity index (χ3n) is 2.64. The van der Waals surface area contributed by atoms with Crippen molar-refractivity contribution in [3.63, 3.8) is 0 Å². The van der Waals surface area contributed by atoms with Crippen LogP contribution in [0.5, 0.6) is 0 Å². The number of hydrogen-bond donors (Lipinski definition) is 1. The lowest BCUT2D eigenvalue weighted by atomic mass is 10.3. The highest BCUT2D eigenvalue weighted by Gasteiger charge is 2.24. The first-order valence-electron chi connectivity index (χ1n) is 5.80. The van der Waals surface area contributed by atoms with Gasteiger partial charge >= 0.3 is 0 Å². The van der Waals surface area contributed by atoms with Crippen LogP contribution in [0.15, 0.2) is 15.9 Å². The van der Waals surface area contributed by atoms with Crippen LogP contribution in [0.1, 0.15) is 22.5 Å². The smallest absolute Gasteiger partial charge is 0.234 e. The quantitative estimate of drug-likeness (QED) is 0.810. The van der Waals surface area contributed by atoms with Gasteiger partial charge in [0.15, 0.2) is 5.78 Å². The van der Waals surface area contributed by atoms with E-state index in [1.54, 1.807) is 11.9 Å². The number of carbonyl (C=O) groups excluding carboxylic acids is 2. The number of hydrogen-bond acceptors (Lipinski definition) is 4. The second-order valence-corrected chi connectivity index (χ2v) is 6.31. The molecule has 6 heteroatoms. The number of thiophene rings is 1. The molecule has 2 rings (SSSR count). The van der Waals surface area contributed by atoms with Gasteiger partial charge in [0.25, 0.3) is 0 Å². The van der Waals surface area contributed by atoms with Crippen molar-refractivity contribution in [2.24, 2.45) is 0 Å². The molecule has 0 aliphatic heterocycles. The standard InChI is InChI=1S/C12H15BrN2O2S/c1-15(7-11(17)14-8-2-3-8)6-10(16)12-9(13)4-5-18-12/h4-5,8H,2-3,6-7H2,1H3,(H,14,17). The number of carbonyl (C=O) groups is 2. The van der Waals surface area contributed by atoms with E-state index in [1.165, 1.54) is 11.3 Å². The second kappa shape index (κ2) is 5.95. The molecule has 0 bridgehead atoms. The highest BCUT2D eigenvalue weighted by Crippen LogP contribution is 2.23.